The molecule has 0 aliphatic heterocycles. The van der Waals surface area contributed by atoms with E-state index >= 15 is 0 Å². The summed E-state index contributed by atoms with van der Waals surface area (Å²) in [4.78, 5) is 12.4. The lowest BCUT2D eigenvalue weighted by Gasteiger charge is -2.12. The van der Waals surface area contributed by atoms with Gasteiger partial charge in [0, 0.05) is 11.8 Å². The Hall–Kier alpha value is -3.79. The number of carbonyl (C=O) groups excluding carboxylic acids is 1. The normalized spacial score (nSPS) is 10.2. The number of hydrogen-bond donors (Lipinski definition) is 1. The maximum Gasteiger partial charge on any atom is 0.255 e. The summed E-state index contributed by atoms with van der Waals surface area (Å²) < 4.78 is 13.0. The summed E-state index contributed by atoms with van der Waals surface area (Å²) >= 11 is 0. The minimum atomic E-state index is -0.290. The van der Waals surface area contributed by atoms with Gasteiger partial charge in [0.15, 0.2) is 11.5 Å². The van der Waals surface area contributed by atoms with Gasteiger partial charge in [0.2, 0.25) is 0 Å². The Bertz CT molecular complexity index is 1040. The van der Waals surface area contributed by atoms with Crippen LogP contribution >= 0.6 is 0 Å². The van der Waals surface area contributed by atoms with Crippen LogP contribution in [0.3, 0.4) is 0 Å². The fourth-order valence-corrected chi connectivity index (χ4v) is 2.83. The topological polar surface area (TPSA) is 89.2 Å². The maximum absolute atomic E-state index is 12.4. The summed E-state index contributed by atoms with van der Waals surface area (Å²) in [5, 5.41) is 16.1. The van der Waals surface area contributed by atoms with Crippen molar-refractivity contribution in [1.82, 2.24) is 9.78 Å². The molecule has 29 heavy (non-hydrogen) atoms. The SMILES string of the molecule is CCOc1ccc(Cn2cc(NC(=O)c3cccc(C#N)c3)cn2)cc1OCC. The molecule has 0 radical (unpaired) electrons. The van der Waals surface area contributed by atoms with Gasteiger partial charge in [-0.2, -0.15) is 10.4 Å². The van der Waals surface area contributed by atoms with Gasteiger partial charge in [-0.05, 0) is 49.7 Å². The number of carbonyl (C=O) groups is 1. The Labute approximate surface area is 169 Å². The number of ether oxygens (including phenoxy) is 2. The maximum atomic E-state index is 12.4. The van der Waals surface area contributed by atoms with E-state index in [1.54, 1.807) is 41.3 Å². The molecular weight excluding hydrogens is 368 g/mol. The highest BCUT2D eigenvalue weighted by molar-refractivity contribution is 6.04. The van der Waals surface area contributed by atoms with Crippen molar-refractivity contribution in [3.8, 4) is 17.6 Å². The fraction of sp³-hybridized carbons (Fsp3) is 0.227. The second-order valence-electron chi connectivity index (χ2n) is 6.22. The summed E-state index contributed by atoms with van der Waals surface area (Å²) in [7, 11) is 0. The highest BCUT2D eigenvalue weighted by Gasteiger charge is 2.10. The molecule has 3 aromatic rings. The minimum Gasteiger partial charge on any atom is -0.490 e. The first-order chi connectivity index (χ1) is 14.1. The zero-order valence-electron chi connectivity index (χ0n) is 16.4. The highest BCUT2D eigenvalue weighted by Crippen LogP contribution is 2.29. The number of nitrogens with one attached hydrogen (secondary N) is 1. The third-order valence-corrected chi connectivity index (χ3v) is 4.10. The van der Waals surface area contributed by atoms with E-state index in [0.717, 1.165) is 5.56 Å². The second-order valence-corrected chi connectivity index (χ2v) is 6.22. The van der Waals surface area contributed by atoms with Crippen LogP contribution in [0.2, 0.25) is 0 Å². The monoisotopic (exact) mass is 390 g/mol. The van der Waals surface area contributed by atoms with Crippen LogP contribution in [0.1, 0.15) is 35.3 Å². The average Bonchev–Trinajstić information content (AvgIpc) is 3.17. The Balaban J connectivity index is 1.69. The number of nitriles is 1. The van der Waals surface area contributed by atoms with Crippen LogP contribution in [-0.2, 0) is 6.54 Å². The second kappa shape index (κ2) is 9.42. The van der Waals surface area contributed by atoms with Gasteiger partial charge in [-0.1, -0.05) is 12.1 Å². The lowest BCUT2D eigenvalue weighted by molar-refractivity contribution is 0.102. The molecule has 2 aromatic carbocycles. The van der Waals surface area contributed by atoms with Gasteiger partial charge in [-0.3, -0.25) is 9.48 Å². The Kier molecular flexibility index (Phi) is 6.48. The van der Waals surface area contributed by atoms with E-state index in [1.807, 2.05) is 38.1 Å². The van der Waals surface area contributed by atoms with Crippen molar-refractivity contribution >= 4 is 11.6 Å². The smallest absolute Gasteiger partial charge is 0.255 e. The Morgan fingerprint density at radius 1 is 1.14 bits per heavy atom. The fourth-order valence-electron chi connectivity index (χ4n) is 2.83. The standard InChI is InChI=1S/C22H22N4O3/c1-3-28-20-9-8-17(11-21(20)29-4-2)14-26-15-19(13-24-26)25-22(27)18-7-5-6-16(10-18)12-23/h5-11,13,15H,3-4,14H2,1-2H3,(H,25,27). The molecule has 0 aliphatic carbocycles. The largest absolute Gasteiger partial charge is 0.490 e. The van der Waals surface area contributed by atoms with Crippen LogP contribution < -0.4 is 14.8 Å². The van der Waals surface area contributed by atoms with Gasteiger partial charge in [0.25, 0.3) is 5.91 Å². The first-order valence-corrected chi connectivity index (χ1v) is 9.35. The molecule has 0 bridgehead atoms. The van der Waals surface area contributed by atoms with Crippen LogP contribution in [-0.4, -0.2) is 28.9 Å². The van der Waals surface area contributed by atoms with Gasteiger partial charge in [0.05, 0.1) is 43.3 Å². The Morgan fingerprint density at radius 2 is 1.93 bits per heavy atom. The molecule has 7 heteroatoms. The number of benzene rings is 2. The molecule has 1 heterocycles. The number of aromatic nitrogens is 2. The summed E-state index contributed by atoms with van der Waals surface area (Å²) in [5.41, 5.74) is 2.44. The van der Waals surface area contributed by atoms with E-state index in [2.05, 4.69) is 10.4 Å². The summed E-state index contributed by atoms with van der Waals surface area (Å²) in [5.74, 6) is 1.12. The number of hydrogen-bond acceptors (Lipinski definition) is 5. The van der Waals surface area contributed by atoms with Crippen molar-refractivity contribution in [2.45, 2.75) is 20.4 Å². The molecule has 0 fully saturated rings. The Morgan fingerprint density at radius 3 is 2.69 bits per heavy atom. The van der Waals surface area contributed by atoms with Crippen LogP contribution in [0.5, 0.6) is 11.5 Å². The zero-order valence-corrected chi connectivity index (χ0v) is 16.4. The van der Waals surface area contributed by atoms with Crippen molar-refractivity contribution in [2.75, 3.05) is 18.5 Å². The van der Waals surface area contributed by atoms with Crippen LogP contribution in [0.4, 0.5) is 5.69 Å². The lowest BCUT2D eigenvalue weighted by Crippen LogP contribution is -2.11. The van der Waals surface area contributed by atoms with E-state index in [1.165, 1.54) is 0 Å². The van der Waals surface area contributed by atoms with Crippen molar-refractivity contribution in [3.05, 3.63) is 71.5 Å². The van der Waals surface area contributed by atoms with E-state index in [9.17, 15) is 4.79 Å². The van der Waals surface area contributed by atoms with E-state index in [4.69, 9.17) is 14.7 Å². The molecule has 1 N–H and O–H groups in total. The van der Waals surface area contributed by atoms with Gasteiger partial charge in [-0.25, -0.2) is 0 Å². The highest BCUT2D eigenvalue weighted by atomic mass is 16.5. The number of amides is 1. The minimum absolute atomic E-state index is 0.290. The molecule has 0 saturated carbocycles. The molecule has 0 saturated heterocycles. The molecule has 0 aliphatic rings. The summed E-state index contributed by atoms with van der Waals surface area (Å²) in [6.07, 6.45) is 3.34. The van der Waals surface area contributed by atoms with Gasteiger partial charge in [-0.15, -0.1) is 0 Å². The average molecular weight is 390 g/mol. The first-order valence-electron chi connectivity index (χ1n) is 9.35. The number of anilines is 1. The lowest BCUT2D eigenvalue weighted by atomic mass is 10.1. The van der Waals surface area contributed by atoms with Gasteiger partial charge < -0.3 is 14.8 Å². The van der Waals surface area contributed by atoms with Gasteiger partial charge >= 0.3 is 0 Å². The zero-order chi connectivity index (χ0) is 20.6. The third kappa shape index (κ3) is 5.14. The molecule has 1 amide bonds. The van der Waals surface area contributed by atoms with E-state index < -0.39 is 0 Å². The van der Waals surface area contributed by atoms with Crippen molar-refractivity contribution in [3.63, 3.8) is 0 Å². The molecule has 148 valence electrons. The quantitative estimate of drug-likeness (QED) is 0.631. The van der Waals surface area contributed by atoms with Crippen molar-refractivity contribution in [2.24, 2.45) is 0 Å². The van der Waals surface area contributed by atoms with Gasteiger partial charge in [0.1, 0.15) is 0 Å². The number of rotatable bonds is 8. The first kappa shape index (κ1) is 20.0. The van der Waals surface area contributed by atoms with Crippen LogP contribution in [0.25, 0.3) is 0 Å². The molecule has 3 rings (SSSR count). The molecule has 0 unspecified atom stereocenters. The van der Waals surface area contributed by atoms with Crippen molar-refractivity contribution in [1.29, 1.82) is 5.26 Å². The number of nitrogens with zero attached hydrogens (tertiary/aromatic N) is 3. The third-order valence-electron chi connectivity index (χ3n) is 4.10. The van der Waals surface area contributed by atoms with E-state index in [-0.39, 0.29) is 5.91 Å². The predicted octanol–water partition coefficient (Wildman–Crippen LogP) is 3.85. The van der Waals surface area contributed by atoms with Crippen LogP contribution in [0.15, 0.2) is 54.9 Å². The molecule has 0 spiro atoms. The summed E-state index contributed by atoms with van der Waals surface area (Å²) in [6.45, 7) is 5.50. The van der Waals surface area contributed by atoms with E-state index in [0.29, 0.717) is 48.1 Å². The van der Waals surface area contributed by atoms with Crippen molar-refractivity contribution < 1.29 is 14.3 Å². The molecule has 0 atom stereocenters. The molecular formula is C22H22N4O3. The van der Waals surface area contributed by atoms with Crippen LogP contribution in [0, 0.1) is 11.3 Å². The molecule has 7 nitrogen and oxygen atoms in total. The molecule has 1 aromatic heterocycles. The predicted molar refractivity (Wildman–Crippen MR) is 109 cm³/mol. The summed E-state index contributed by atoms with van der Waals surface area (Å²) in [6, 6.07) is 14.4.